The van der Waals surface area contributed by atoms with Crippen LogP contribution in [0, 0.1) is 11.8 Å². The SMILES string of the molecule is C=C(NC)C1C=CC(C2CCCCC2)=CC1. The van der Waals surface area contributed by atoms with Gasteiger partial charge in [0, 0.05) is 18.7 Å². The van der Waals surface area contributed by atoms with E-state index in [4.69, 9.17) is 0 Å². The summed E-state index contributed by atoms with van der Waals surface area (Å²) in [5, 5.41) is 3.15. The topological polar surface area (TPSA) is 12.0 Å². The maximum atomic E-state index is 4.04. The van der Waals surface area contributed by atoms with Crippen molar-refractivity contribution in [1.82, 2.24) is 5.32 Å². The zero-order chi connectivity index (χ0) is 11.4. The fourth-order valence-corrected chi connectivity index (χ4v) is 2.82. The molecule has 0 bridgehead atoms. The summed E-state index contributed by atoms with van der Waals surface area (Å²) < 4.78 is 0. The lowest BCUT2D eigenvalue weighted by molar-refractivity contribution is 0.405. The van der Waals surface area contributed by atoms with E-state index in [0.717, 1.165) is 18.0 Å². The van der Waals surface area contributed by atoms with E-state index in [0.29, 0.717) is 5.92 Å². The third kappa shape index (κ3) is 2.58. The second-order valence-electron chi connectivity index (χ2n) is 5.02. The zero-order valence-corrected chi connectivity index (χ0v) is 10.3. The summed E-state index contributed by atoms with van der Waals surface area (Å²) in [7, 11) is 1.95. The molecule has 0 radical (unpaired) electrons. The molecule has 2 aliphatic carbocycles. The summed E-state index contributed by atoms with van der Waals surface area (Å²) in [6, 6.07) is 0. The molecule has 1 atom stereocenters. The van der Waals surface area contributed by atoms with Gasteiger partial charge in [-0.3, -0.25) is 0 Å². The summed E-state index contributed by atoms with van der Waals surface area (Å²) >= 11 is 0. The van der Waals surface area contributed by atoms with Gasteiger partial charge in [-0.25, -0.2) is 0 Å². The lowest BCUT2D eigenvalue weighted by atomic mass is 9.80. The zero-order valence-electron chi connectivity index (χ0n) is 10.3. The van der Waals surface area contributed by atoms with E-state index in [9.17, 15) is 0 Å². The molecule has 0 saturated heterocycles. The molecule has 1 nitrogen and oxygen atoms in total. The lowest BCUT2D eigenvalue weighted by Crippen LogP contribution is -2.16. The van der Waals surface area contributed by atoms with Crippen LogP contribution in [-0.2, 0) is 0 Å². The Kier molecular flexibility index (Phi) is 3.87. The van der Waals surface area contributed by atoms with Gasteiger partial charge < -0.3 is 5.32 Å². The molecule has 16 heavy (non-hydrogen) atoms. The minimum absolute atomic E-state index is 0.498. The molecule has 0 amide bonds. The van der Waals surface area contributed by atoms with Crippen LogP contribution in [0.2, 0.25) is 0 Å². The van der Waals surface area contributed by atoms with E-state index in [2.05, 4.69) is 30.1 Å². The van der Waals surface area contributed by atoms with Crippen molar-refractivity contribution in [2.45, 2.75) is 38.5 Å². The molecular formula is C15H23N. The second kappa shape index (κ2) is 5.38. The number of hydrogen-bond donors (Lipinski definition) is 1. The molecule has 2 rings (SSSR count). The van der Waals surface area contributed by atoms with Crippen molar-refractivity contribution in [2.24, 2.45) is 11.8 Å². The van der Waals surface area contributed by atoms with Crippen LogP contribution in [0.15, 0.2) is 36.1 Å². The molecule has 1 fully saturated rings. The molecule has 0 aromatic heterocycles. The van der Waals surface area contributed by atoms with Crippen LogP contribution < -0.4 is 5.32 Å². The third-order valence-electron chi connectivity index (χ3n) is 3.97. The first kappa shape index (κ1) is 11.5. The van der Waals surface area contributed by atoms with Crippen LogP contribution in [0.5, 0.6) is 0 Å². The Morgan fingerprint density at radius 3 is 2.62 bits per heavy atom. The first-order chi connectivity index (χ1) is 7.81. The predicted molar refractivity (Wildman–Crippen MR) is 70.1 cm³/mol. The Morgan fingerprint density at radius 2 is 2.06 bits per heavy atom. The van der Waals surface area contributed by atoms with Gasteiger partial charge in [-0.2, -0.15) is 0 Å². The fourth-order valence-electron chi connectivity index (χ4n) is 2.82. The first-order valence-corrected chi connectivity index (χ1v) is 6.56. The van der Waals surface area contributed by atoms with Crippen LogP contribution in [0.1, 0.15) is 38.5 Å². The van der Waals surface area contributed by atoms with E-state index < -0.39 is 0 Å². The number of hydrogen-bond acceptors (Lipinski definition) is 1. The highest BCUT2D eigenvalue weighted by Crippen LogP contribution is 2.33. The Hall–Kier alpha value is -0.980. The Bertz CT molecular complexity index is 305. The molecule has 2 aliphatic rings. The van der Waals surface area contributed by atoms with Gasteiger partial charge in [0.25, 0.3) is 0 Å². The van der Waals surface area contributed by atoms with E-state index >= 15 is 0 Å². The largest absolute Gasteiger partial charge is 0.391 e. The van der Waals surface area contributed by atoms with Crippen LogP contribution >= 0.6 is 0 Å². The maximum absolute atomic E-state index is 4.04. The van der Waals surface area contributed by atoms with Crippen LogP contribution in [0.4, 0.5) is 0 Å². The van der Waals surface area contributed by atoms with Gasteiger partial charge >= 0.3 is 0 Å². The minimum Gasteiger partial charge on any atom is -0.391 e. The molecule has 88 valence electrons. The number of rotatable bonds is 3. The lowest BCUT2D eigenvalue weighted by Gasteiger charge is -2.26. The van der Waals surface area contributed by atoms with Crippen molar-refractivity contribution in [3.63, 3.8) is 0 Å². The molecule has 1 N–H and O–H groups in total. The van der Waals surface area contributed by atoms with E-state index in [-0.39, 0.29) is 0 Å². The molecule has 0 heterocycles. The molecule has 1 saturated carbocycles. The normalized spacial score (nSPS) is 26.3. The molecule has 0 spiro atoms. The van der Waals surface area contributed by atoms with Gasteiger partial charge in [0.2, 0.25) is 0 Å². The molecular weight excluding hydrogens is 194 g/mol. The fraction of sp³-hybridized carbons (Fsp3) is 0.600. The Balaban J connectivity index is 1.93. The molecule has 0 aliphatic heterocycles. The highest BCUT2D eigenvalue weighted by atomic mass is 14.8. The Labute approximate surface area is 99.3 Å². The molecule has 0 aromatic rings. The van der Waals surface area contributed by atoms with Crippen molar-refractivity contribution in [3.05, 3.63) is 36.1 Å². The van der Waals surface area contributed by atoms with Crippen molar-refractivity contribution < 1.29 is 0 Å². The predicted octanol–water partition coefficient (Wildman–Crippen LogP) is 3.80. The summed E-state index contributed by atoms with van der Waals surface area (Å²) in [4.78, 5) is 0. The maximum Gasteiger partial charge on any atom is 0.0198 e. The quantitative estimate of drug-likeness (QED) is 0.758. The summed E-state index contributed by atoms with van der Waals surface area (Å²) in [6.07, 6.45) is 15.3. The minimum atomic E-state index is 0.498. The highest BCUT2D eigenvalue weighted by molar-refractivity contribution is 5.29. The second-order valence-corrected chi connectivity index (χ2v) is 5.02. The number of nitrogens with one attached hydrogen (secondary N) is 1. The highest BCUT2D eigenvalue weighted by Gasteiger charge is 2.19. The van der Waals surface area contributed by atoms with Crippen molar-refractivity contribution in [1.29, 1.82) is 0 Å². The van der Waals surface area contributed by atoms with E-state index in [1.807, 2.05) is 7.05 Å². The average Bonchev–Trinajstić information content (AvgIpc) is 2.39. The summed E-state index contributed by atoms with van der Waals surface area (Å²) in [6.45, 7) is 4.04. The number of allylic oxidation sites excluding steroid dienone is 4. The van der Waals surface area contributed by atoms with Gasteiger partial charge in [-0.05, 0) is 30.8 Å². The average molecular weight is 217 g/mol. The summed E-state index contributed by atoms with van der Waals surface area (Å²) in [5.74, 6) is 1.34. The van der Waals surface area contributed by atoms with Gasteiger partial charge in [0.05, 0.1) is 0 Å². The Morgan fingerprint density at radius 1 is 1.31 bits per heavy atom. The molecule has 1 unspecified atom stereocenters. The van der Waals surface area contributed by atoms with E-state index in [1.165, 1.54) is 32.1 Å². The molecule has 1 heteroatoms. The van der Waals surface area contributed by atoms with Gasteiger partial charge in [0.15, 0.2) is 0 Å². The van der Waals surface area contributed by atoms with Crippen molar-refractivity contribution >= 4 is 0 Å². The standard InChI is InChI=1S/C15H23N/c1-12(16-2)13-8-10-15(11-9-13)14-6-4-3-5-7-14/h8,10-11,13-14,16H,1,3-7,9H2,2H3. The van der Waals surface area contributed by atoms with Crippen molar-refractivity contribution in [3.8, 4) is 0 Å². The van der Waals surface area contributed by atoms with Gasteiger partial charge in [-0.15, -0.1) is 0 Å². The monoisotopic (exact) mass is 217 g/mol. The van der Waals surface area contributed by atoms with E-state index in [1.54, 1.807) is 5.57 Å². The smallest absolute Gasteiger partial charge is 0.0198 e. The van der Waals surface area contributed by atoms with Crippen molar-refractivity contribution in [2.75, 3.05) is 7.05 Å². The van der Waals surface area contributed by atoms with Crippen LogP contribution in [0.3, 0.4) is 0 Å². The summed E-state index contributed by atoms with van der Waals surface area (Å²) in [5.41, 5.74) is 2.72. The van der Waals surface area contributed by atoms with Gasteiger partial charge in [0.1, 0.15) is 0 Å². The first-order valence-electron chi connectivity index (χ1n) is 6.56. The third-order valence-corrected chi connectivity index (χ3v) is 3.97. The van der Waals surface area contributed by atoms with Crippen LogP contribution in [0.25, 0.3) is 0 Å². The van der Waals surface area contributed by atoms with Crippen LogP contribution in [-0.4, -0.2) is 7.05 Å². The molecule has 0 aromatic carbocycles. The van der Waals surface area contributed by atoms with Gasteiger partial charge in [-0.1, -0.05) is 44.1 Å².